The Morgan fingerprint density at radius 2 is 1.76 bits per heavy atom. The summed E-state index contributed by atoms with van der Waals surface area (Å²) < 4.78 is 23.6. The Hall–Kier alpha value is -1.45. The molecular formula is C16H15Cl2FO2. The smallest absolute Gasteiger partial charge is 0.160 e. The molecule has 0 saturated carbocycles. The van der Waals surface area contributed by atoms with Gasteiger partial charge in [0.25, 0.3) is 0 Å². The van der Waals surface area contributed by atoms with Crippen LogP contribution in [-0.2, 0) is 6.42 Å². The molecule has 0 fully saturated rings. The molecule has 2 nitrogen and oxygen atoms in total. The fourth-order valence-electron chi connectivity index (χ4n) is 2.04. The summed E-state index contributed by atoms with van der Waals surface area (Å²) >= 11 is 12.2. The lowest BCUT2D eigenvalue weighted by atomic mass is 10.0. The molecule has 0 radical (unpaired) electrons. The first-order valence-electron chi connectivity index (χ1n) is 6.35. The highest BCUT2D eigenvalue weighted by Gasteiger charge is 2.13. The summed E-state index contributed by atoms with van der Waals surface area (Å²) in [5.74, 6) is 0.864. The first-order chi connectivity index (χ1) is 10.0. The van der Waals surface area contributed by atoms with E-state index < -0.39 is 5.82 Å². The minimum atomic E-state index is -0.449. The fourth-order valence-corrected chi connectivity index (χ4v) is 2.54. The van der Waals surface area contributed by atoms with E-state index >= 15 is 0 Å². The van der Waals surface area contributed by atoms with Crippen LogP contribution in [-0.4, -0.2) is 14.2 Å². The van der Waals surface area contributed by atoms with Gasteiger partial charge in [0, 0.05) is 0 Å². The van der Waals surface area contributed by atoms with E-state index in [4.69, 9.17) is 32.7 Å². The van der Waals surface area contributed by atoms with Crippen LogP contribution in [0.3, 0.4) is 0 Å². The monoisotopic (exact) mass is 328 g/mol. The third-order valence-corrected chi connectivity index (χ3v) is 3.86. The van der Waals surface area contributed by atoms with Crippen LogP contribution >= 0.6 is 23.2 Å². The maximum Gasteiger partial charge on any atom is 0.160 e. The lowest BCUT2D eigenvalue weighted by molar-refractivity contribution is 0.354. The zero-order chi connectivity index (χ0) is 15.4. The van der Waals surface area contributed by atoms with E-state index in [0.29, 0.717) is 17.9 Å². The molecule has 0 aliphatic heterocycles. The van der Waals surface area contributed by atoms with Gasteiger partial charge in [-0.1, -0.05) is 23.7 Å². The quantitative estimate of drug-likeness (QED) is 0.717. The average molecular weight is 329 g/mol. The Kier molecular flexibility index (Phi) is 5.32. The molecule has 2 aromatic carbocycles. The highest BCUT2D eigenvalue weighted by Crippen LogP contribution is 2.32. The van der Waals surface area contributed by atoms with Crippen LogP contribution < -0.4 is 9.47 Å². The van der Waals surface area contributed by atoms with Gasteiger partial charge in [0.2, 0.25) is 0 Å². The molecule has 0 aromatic heterocycles. The molecule has 0 bridgehead atoms. The third-order valence-electron chi connectivity index (χ3n) is 3.17. The molecule has 0 aliphatic carbocycles. The van der Waals surface area contributed by atoms with E-state index in [2.05, 4.69) is 0 Å². The number of benzene rings is 2. The lowest BCUT2D eigenvalue weighted by Gasteiger charge is -2.13. The molecule has 2 aromatic rings. The van der Waals surface area contributed by atoms with Gasteiger partial charge in [0.1, 0.15) is 5.82 Å². The molecule has 0 aliphatic rings. The molecule has 1 unspecified atom stereocenters. The molecule has 2 rings (SSSR count). The van der Waals surface area contributed by atoms with E-state index in [1.54, 1.807) is 26.4 Å². The highest BCUT2D eigenvalue weighted by atomic mass is 35.5. The first kappa shape index (κ1) is 15.9. The second-order valence-corrected chi connectivity index (χ2v) is 5.47. The van der Waals surface area contributed by atoms with Gasteiger partial charge in [-0.05, 0) is 41.8 Å². The van der Waals surface area contributed by atoms with E-state index in [1.807, 2.05) is 18.2 Å². The van der Waals surface area contributed by atoms with Crippen LogP contribution in [0.4, 0.5) is 4.39 Å². The Bertz CT molecular complexity index is 632. The minimum Gasteiger partial charge on any atom is -0.493 e. The van der Waals surface area contributed by atoms with Gasteiger partial charge >= 0.3 is 0 Å². The van der Waals surface area contributed by atoms with Crippen LogP contribution in [0, 0.1) is 5.82 Å². The molecule has 21 heavy (non-hydrogen) atoms. The number of methoxy groups -OCH3 is 2. The molecule has 112 valence electrons. The average Bonchev–Trinajstić information content (AvgIpc) is 2.49. The normalized spacial score (nSPS) is 12.0. The zero-order valence-electron chi connectivity index (χ0n) is 11.7. The molecule has 0 heterocycles. The Morgan fingerprint density at radius 3 is 2.38 bits per heavy atom. The summed E-state index contributed by atoms with van der Waals surface area (Å²) in [5.41, 5.74) is 1.77. The predicted octanol–water partition coefficient (Wildman–Crippen LogP) is 5.02. The van der Waals surface area contributed by atoms with Crippen LogP contribution in [0.1, 0.15) is 16.5 Å². The number of rotatable bonds is 5. The molecule has 0 N–H and O–H groups in total. The largest absolute Gasteiger partial charge is 0.493 e. The maximum atomic E-state index is 13.2. The van der Waals surface area contributed by atoms with Crippen LogP contribution in [0.25, 0.3) is 0 Å². The van der Waals surface area contributed by atoms with Crippen molar-refractivity contribution in [1.29, 1.82) is 0 Å². The maximum absolute atomic E-state index is 13.2. The van der Waals surface area contributed by atoms with Crippen molar-refractivity contribution in [1.82, 2.24) is 0 Å². The van der Waals surface area contributed by atoms with Crippen molar-refractivity contribution in [3.8, 4) is 11.5 Å². The number of hydrogen-bond acceptors (Lipinski definition) is 2. The summed E-state index contributed by atoms with van der Waals surface area (Å²) in [5, 5.41) is -0.230. The van der Waals surface area contributed by atoms with Crippen LogP contribution in [0.5, 0.6) is 11.5 Å². The third kappa shape index (κ3) is 3.80. The molecule has 0 saturated heterocycles. The van der Waals surface area contributed by atoms with Crippen molar-refractivity contribution in [2.24, 2.45) is 0 Å². The fraction of sp³-hybridized carbons (Fsp3) is 0.250. The van der Waals surface area contributed by atoms with Crippen molar-refractivity contribution in [3.63, 3.8) is 0 Å². The van der Waals surface area contributed by atoms with E-state index in [0.717, 1.165) is 11.1 Å². The Labute approximate surface area is 133 Å². The summed E-state index contributed by atoms with van der Waals surface area (Å²) in [4.78, 5) is 0. The van der Waals surface area contributed by atoms with Crippen LogP contribution in [0.2, 0.25) is 5.02 Å². The Morgan fingerprint density at radius 1 is 1.05 bits per heavy atom. The molecule has 1 atom stereocenters. The van der Waals surface area contributed by atoms with Gasteiger partial charge in [-0.15, -0.1) is 11.6 Å². The summed E-state index contributed by atoms with van der Waals surface area (Å²) in [7, 11) is 3.17. The van der Waals surface area contributed by atoms with Crippen molar-refractivity contribution in [3.05, 3.63) is 58.4 Å². The molecule has 5 heteroatoms. The summed E-state index contributed by atoms with van der Waals surface area (Å²) in [6, 6.07) is 10.1. The molecule has 0 spiro atoms. The van der Waals surface area contributed by atoms with Crippen LogP contribution in [0.15, 0.2) is 36.4 Å². The second-order valence-electron chi connectivity index (χ2n) is 4.53. The van der Waals surface area contributed by atoms with Crippen molar-refractivity contribution in [2.45, 2.75) is 11.8 Å². The second kappa shape index (κ2) is 7.01. The van der Waals surface area contributed by atoms with E-state index in [1.165, 1.54) is 6.07 Å². The molecule has 0 amide bonds. The van der Waals surface area contributed by atoms with Crippen molar-refractivity contribution in [2.75, 3.05) is 14.2 Å². The van der Waals surface area contributed by atoms with E-state index in [9.17, 15) is 4.39 Å². The Balaban J connectivity index is 2.18. The predicted molar refractivity (Wildman–Crippen MR) is 83.3 cm³/mol. The number of alkyl halides is 1. The first-order valence-corrected chi connectivity index (χ1v) is 7.16. The molecular weight excluding hydrogens is 314 g/mol. The zero-order valence-corrected chi connectivity index (χ0v) is 13.2. The summed E-state index contributed by atoms with van der Waals surface area (Å²) in [6.45, 7) is 0. The van der Waals surface area contributed by atoms with Gasteiger partial charge in [-0.25, -0.2) is 4.39 Å². The summed E-state index contributed by atoms with van der Waals surface area (Å²) in [6.07, 6.45) is 0.573. The van der Waals surface area contributed by atoms with Gasteiger partial charge in [-0.3, -0.25) is 0 Å². The number of hydrogen-bond donors (Lipinski definition) is 0. The minimum absolute atomic E-state index is 0.0745. The SMILES string of the molecule is COc1ccc(CC(Cl)c2ccc(F)c(Cl)c2)cc1OC. The van der Waals surface area contributed by atoms with E-state index in [-0.39, 0.29) is 10.4 Å². The van der Waals surface area contributed by atoms with Gasteiger partial charge < -0.3 is 9.47 Å². The van der Waals surface area contributed by atoms with Crippen molar-refractivity contribution < 1.29 is 13.9 Å². The van der Waals surface area contributed by atoms with Gasteiger partial charge in [0.05, 0.1) is 24.6 Å². The van der Waals surface area contributed by atoms with Gasteiger partial charge in [0.15, 0.2) is 11.5 Å². The highest BCUT2D eigenvalue weighted by molar-refractivity contribution is 6.31. The van der Waals surface area contributed by atoms with Gasteiger partial charge in [-0.2, -0.15) is 0 Å². The number of halogens is 3. The number of ether oxygens (including phenoxy) is 2. The lowest BCUT2D eigenvalue weighted by Crippen LogP contribution is -1.98. The van der Waals surface area contributed by atoms with Crippen molar-refractivity contribution >= 4 is 23.2 Å². The standard InChI is InChI=1S/C16H15Cl2FO2/c1-20-15-6-3-10(8-16(15)21-2)7-12(17)11-4-5-14(19)13(18)9-11/h3-6,8-9,12H,7H2,1-2H3. The topological polar surface area (TPSA) is 18.5 Å².